The van der Waals surface area contributed by atoms with Crippen LogP contribution in [0, 0.1) is 9.81 Å². The molecule has 0 atom stereocenters. The second-order valence-corrected chi connectivity index (χ2v) is 9.02. The first-order valence-electron chi connectivity index (χ1n) is 11.5. The average Bonchev–Trinajstić information content (AvgIpc) is 2.76. The molecule has 7 nitrogen and oxygen atoms in total. The van der Waals surface area contributed by atoms with Gasteiger partial charge in [-0.05, 0) is 59.3 Å². The number of nitrogens with zero attached hydrogens (tertiary/aromatic N) is 3. The minimum absolute atomic E-state index is 0.156. The maximum absolute atomic E-state index is 9.91. The molecule has 3 aliphatic carbocycles. The summed E-state index contributed by atoms with van der Waals surface area (Å²) in [5, 5.41) is 16.7. The highest BCUT2D eigenvalue weighted by Gasteiger charge is 2.12. The molecule has 0 spiro atoms. The molecule has 0 aliphatic heterocycles. The van der Waals surface area contributed by atoms with Crippen molar-refractivity contribution in [1.29, 1.82) is 0 Å². The molecule has 0 unspecified atom stereocenters. The standard InChI is InChI=1S/2C6H11NO.C6H12.C4H9NO2/c2*8-7-6-4-2-1-3-5-6;1-2-4-6-5-3-1;1-4(2,3)7-5-6/h8H,1-5H2;6H,1-5H2;1-6H2;1-3H3. The molecule has 0 heterocycles. The predicted molar refractivity (Wildman–Crippen MR) is 119 cm³/mol. The van der Waals surface area contributed by atoms with Crippen LogP contribution < -0.4 is 0 Å². The van der Waals surface area contributed by atoms with E-state index in [0.717, 1.165) is 31.4 Å². The van der Waals surface area contributed by atoms with Crippen LogP contribution in [0.4, 0.5) is 0 Å². The summed E-state index contributed by atoms with van der Waals surface area (Å²) in [5.41, 5.74) is 0.554. The zero-order valence-electron chi connectivity index (χ0n) is 18.9. The van der Waals surface area contributed by atoms with Crippen molar-refractivity contribution in [2.24, 2.45) is 15.7 Å². The molecule has 3 aliphatic rings. The van der Waals surface area contributed by atoms with Gasteiger partial charge in [-0.2, -0.15) is 4.91 Å². The molecule has 3 fully saturated rings. The van der Waals surface area contributed by atoms with Gasteiger partial charge in [0.1, 0.15) is 5.60 Å². The van der Waals surface area contributed by atoms with Crippen LogP contribution in [0.2, 0.25) is 0 Å². The minimum Gasteiger partial charge on any atom is -0.411 e. The number of rotatable bonds is 2. The second-order valence-electron chi connectivity index (χ2n) is 9.02. The topological polar surface area (TPSA) is 101 Å². The van der Waals surface area contributed by atoms with Crippen molar-refractivity contribution in [3.63, 3.8) is 0 Å². The fourth-order valence-electron chi connectivity index (χ4n) is 3.42. The molecule has 0 amide bonds. The molecule has 0 aromatic rings. The number of oxime groups is 1. The monoisotopic (exact) mass is 413 g/mol. The second kappa shape index (κ2) is 18.5. The highest BCUT2D eigenvalue weighted by Crippen LogP contribution is 2.19. The van der Waals surface area contributed by atoms with Crippen LogP contribution in [0.5, 0.6) is 0 Å². The van der Waals surface area contributed by atoms with Crippen molar-refractivity contribution in [1.82, 2.24) is 0 Å². The van der Waals surface area contributed by atoms with Crippen molar-refractivity contribution in [2.75, 3.05) is 0 Å². The van der Waals surface area contributed by atoms with Crippen molar-refractivity contribution in [3.05, 3.63) is 9.81 Å². The molecule has 29 heavy (non-hydrogen) atoms. The Labute approximate surface area is 177 Å². The van der Waals surface area contributed by atoms with Crippen molar-refractivity contribution >= 4 is 5.71 Å². The Bertz CT molecular complexity index is 407. The van der Waals surface area contributed by atoms with Gasteiger partial charge in [0.2, 0.25) is 0 Å². The molecule has 1 N–H and O–H groups in total. The number of nitroso groups, excluding NO2 is 1. The van der Waals surface area contributed by atoms with Gasteiger partial charge in [-0.1, -0.05) is 74.5 Å². The zero-order valence-corrected chi connectivity index (χ0v) is 18.9. The van der Waals surface area contributed by atoms with Gasteiger partial charge in [-0.25, -0.2) is 0 Å². The van der Waals surface area contributed by atoms with Crippen molar-refractivity contribution in [3.8, 4) is 0 Å². The summed E-state index contributed by atoms with van der Waals surface area (Å²) in [7, 11) is 0. The van der Waals surface area contributed by atoms with Crippen LogP contribution in [0.15, 0.2) is 15.7 Å². The van der Waals surface area contributed by atoms with E-state index in [1.54, 1.807) is 20.8 Å². The van der Waals surface area contributed by atoms with Crippen LogP contribution in [-0.2, 0) is 4.84 Å². The van der Waals surface area contributed by atoms with E-state index in [4.69, 9.17) is 5.21 Å². The summed E-state index contributed by atoms with van der Waals surface area (Å²) < 4.78 is 0. The van der Waals surface area contributed by atoms with Gasteiger partial charge in [0.25, 0.3) is 0 Å². The molecule has 0 bridgehead atoms. The van der Waals surface area contributed by atoms with E-state index in [0.29, 0.717) is 0 Å². The smallest absolute Gasteiger partial charge is 0.155 e. The minimum atomic E-state index is -0.429. The lowest BCUT2D eigenvalue weighted by Gasteiger charge is -2.13. The normalized spacial score (nSPS) is 19.6. The van der Waals surface area contributed by atoms with Gasteiger partial charge in [-0.3, -0.25) is 0 Å². The van der Waals surface area contributed by atoms with E-state index >= 15 is 0 Å². The lowest BCUT2D eigenvalue weighted by atomic mass is 9.96. The molecule has 170 valence electrons. The maximum Gasteiger partial charge on any atom is 0.155 e. The van der Waals surface area contributed by atoms with E-state index in [2.05, 4.69) is 20.5 Å². The first-order valence-corrected chi connectivity index (χ1v) is 11.5. The van der Waals surface area contributed by atoms with E-state index < -0.39 is 5.60 Å². The van der Waals surface area contributed by atoms with Gasteiger partial charge < -0.3 is 10.0 Å². The molecule has 3 rings (SSSR count). The average molecular weight is 414 g/mol. The van der Waals surface area contributed by atoms with Gasteiger partial charge in [-0.15, -0.1) is 4.91 Å². The fraction of sp³-hybridized carbons (Fsp3) is 0.955. The first-order chi connectivity index (χ1) is 13.9. The Morgan fingerprint density at radius 1 is 0.759 bits per heavy atom. The zero-order chi connectivity index (χ0) is 21.8. The highest BCUT2D eigenvalue weighted by molar-refractivity contribution is 5.84. The SMILES string of the molecule is C1CCCCC1.CC(C)(C)ON=O.O=NC1CCCCC1.ON=C1CCCCC1. The van der Waals surface area contributed by atoms with Crippen LogP contribution in [0.1, 0.15) is 124 Å². The van der Waals surface area contributed by atoms with Gasteiger partial charge in [0, 0.05) is 0 Å². The quantitative estimate of drug-likeness (QED) is 0.285. The summed E-state index contributed by atoms with van der Waals surface area (Å²) in [4.78, 5) is 23.6. The lowest BCUT2D eigenvalue weighted by Crippen LogP contribution is -2.14. The highest BCUT2D eigenvalue weighted by atomic mass is 16.7. The Hall–Kier alpha value is -1.53. The Kier molecular flexibility index (Phi) is 17.5. The largest absolute Gasteiger partial charge is 0.411 e. The molecule has 0 radical (unpaired) electrons. The van der Waals surface area contributed by atoms with Crippen molar-refractivity contribution < 1.29 is 10.0 Å². The van der Waals surface area contributed by atoms with E-state index in [1.807, 2.05) is 0 Å². The van der Waals surface area contributed by atoms with E-state index in [9.17, 15) is 9.81 Å². The molecule has 3 saturated carbocycles. The summed E-state index contributed by atoms with van der Waals surface area (Å²) in [6.07, 6.45) is 20.5. The summed E-state index contributed by atoms with van der Waals surface area (Å²) in [6, 6.07) is 0.156. The Balaban J connectivity index is 0.000000363. The number of hydrogen-bond acceptors (Lipinski definition) is 7. The van der Waals surface area contributed by atoms with Crippen LogP contribution in [-0.4, -0.2) is 22.6 Å². The Morgan fingerprint density at radius 2 is 1.17 bits per heavy atom. The summed E-state index contributed by atoms with van der Waals surface area (Å²) in [6.45, 7) is 5.28. The van der Waals surface area contributed by atoms with Gasteiger partial charge in [0.15, 0.2) is 5.34 Å². The van der Waals surface area contributed by atoms with E-state index in [1.165, 1.54) is 77.0 Å². The molecule has 0 aromatic carbocycles. The van der Waals surface area contributed by atoms with Crippen LogP contribution in [0.25, 0.3) is 0 Å². The molecular formula is C22H43N3O4. The Morgan fingerprint density at radius 3 is 1.41 bits per heavy atom. The predicted octanol–water partition coefficient (Wildman–Crippen LogP) is 7.69. The maximum atomic E-state index is 9.91. The summed E-state index contributed by atoms with van der Waals surface area (Å²) in [5.74, 6) is 0. The van der Waals surface area contributed by atoms with Gasteiger partial charge in [0.05, 0.1) is 11.8 Å². The van der Waals surface area contributed by atoms with Crippen LogP contribution >= 0.6 is 0 Å². The summed E-state index contributed by atoms with van der Waals surface area (Å²) >= 11 is 0. The van der Waals surface area contributed by atoms with Gasteiger partial charge >= 0.3 is 0 Å². The number of hydrogen-bond donors (Lipinski definition) is 1. The van der Waals surface area contributed by atoms with Crippen molar-refractivity contribution in [2.45, 2.75) is 135 Å². The molecular weight excluding hydrogens is 370 g/mol. The van der Waals surface area contributed by atoms with Crippen LogP contribution in [0.3, 0.4) is 0 Å². The fourth-order valence-corrected chi connectivity index (χ4v) is 3.42. The third-order valence-electron chi connectivity index (χ3n) is 5.11. The first kappa shape index (κ1) is 27.5. The molecule has 0 aromatic heterocycles. The molecule has 0 saturated heterocycles. The molecule has 7 heteroatoms. The third kappa shape index (κ3) is 19.6. The lowest BCUT2D eigenvalue weighted by molar-refractivity contribution is -0.00229. The van der Waals surface area contributed by atoms with E-state index in [-0.39, 0.29) is 6.04 Å². The third-order valence-corrected chi connectivity index (χ3v) is 5.11.